The number of likely N-dealkylation sites (N-methyl/N-ethyl adjacent to an activating group) is 1. The number of hydrogen-bond acceptors (Lipinski definition) is 6. The summed E-state index contributed by atoms with van der Waals surface area (Å²) in [6.07, 6.45) is 0. The van der Waals surface area contributed by atoms with Gasteiger partial charge in [0.25, 0.3) is 0 Å². The molecule has 0 saturated carbocycles. The first-order valence-corrected chi connectivity index (χ1v) is 7.89. The SMILES string of the molecule is CNCC(=O)NCc1cccc(OCCOCCOCC(C)=O)c1. The molecule has 0 bridgehead atoms. The second kappa shape index (κ2) is 12.5. The van der Waals surface area contributed by atoms with Crippen molar-refractivity contribution in [3.05, 3.63) is 29.8 Å². The van der Waals surface area contributed by atoms with Crippen LogP contribution in [0.25, 0.3) is 0 Å². The Balaban J connectivity index is 2.16. The number of carbonyl (C=O) groups excluding carboxylic acids is 2. The first kappa shape index (κ1) is 20.1. The highest BCUT2D eigenvalue weighted by Gasteiger charge is 2.01. The Morgan fingerprint density at radius 1 is 1.08 bits per heavy atom. The van der Waals surface area contributed by atoms with E-state index in [4.69, 9.17) is 14.2 Å². The Morgan fingerprint density at radius 3 is 2.58 bits per heavy atom. The molecule has 0 aliphatic rings. The van der Waals surface area contributed by atoms with Crippen LogP contribution in [0.5, 0.6) is 5.75 Å². The molecule has 0 heterocycles. The van der Waals surface area contributed by atoms with Crippen molar-refractivity contribution in [3.63, 3.8) is 0 Å². The molecule has 1 aromatic carbocycles. The summed E-state index contributed by atoms with van der Waals surface area (Å²) in [6, 6.07) is 7.55. The van der Waals surface area contributed by atoms with E-state index in [1.807, 2.05) is 24.3 Å². The second-order valence-electron chi connectivity index (χ2n) is 5.17. The standard InChI is InChI=1S/C17H26N2O5/c1-14(20)13-23-7-6-22-8-9-24-16-5-3-4-15(10-16)11-19-17(21)12-18-2/h3-5,10,18H,6-9,11-13H2,1-2H3,(H,19,21). The first-order valence-electron chi connectivity index (χ1n) is 7.89. The number of Topliss-reactive ketones (excluding diaryl/α,β-unsaturated/α-hetero) is 1. The molecule has 0 aromatic heterocycles. The number of ether oxygens (including phenoxy) is 3. The third-order valence-electron chi connectivity index (χ3n) is 2.90. The summed E-state index contributed by atoms with van der Waals surface area (Å²) < 4.78 is 16.0. The predicted molar refractivity (Wildman–Crippen MR) is 90.0 cm³/mol. The molecule has 1 rings (SSSR count). The zero-order chi connectivity index (χ0) is 17.6. The molecule has 0 atom stereocenters. The maximum Gasteiger partial charge on any atom is 0.234 e. The smallest absolute Gasteiger partial charge is 0.234 e. The van der Waals surface area contributed by atoms with Crippen molar-refractivity contribution in [1.29, 1.82) is 0 Å². The Kier molecular flexibility index (Phi) is 10.4. The molecule has 0 unspecified atom stereocenters. The molecule has 7 heteroatoms. The quantitative estimate of drug-likeness (QED) is 0.510. The highest BCUT2D eigenvalue weighted by Crippen LogP contribution is 2.13. The van der Waals surface area contributed by atoms with Crippen LogP contribution in [0.2, 0.25) is 0 Å². The lowest BCUT2D eigenvalue weighted by atomic mass is 10.2. The zero-order valence-corrected chi connectivity index (χ0v) is 14.3. The van der Waals surface area contributed by atoms with Crippen LogP contribution in [0.15, 0.2) is 24.3 Å². The minimum Gasteiger partial charge on any atom is -0.491 e. The molecule has 134 valence electrons. The molecule has 7 nitrogen and oxygen atoms in total. The van der Waals surface area contributed by atoms with Crippen molar-refractivity contribution in [3.8, 4) is 5.75 Å². The summed E-state index contributed by atoms with van der Waals surface area (Å²) in [4.78, 5) is 22.1. The lowest BCUT2D eigenvalue weighted by Gasteiger charge is -2.09. The van der Waals surface area contributed by atoms with Crippen molar-refractivity contribution < 1.29 is 23.8 Å². The average Bonchev–Trinajstić information content (AvgIpc) is 2.56. The van der Waals surface area contributed by atoms with Crippen LogP contribution in [0.1, 0.15) is 12.5 Å². The van der Waals surface area contributed by atoms with E-state index >= 15 is 0 Å². The fourth-order valence-corrected chi connectivity index (χ4v) is 1.82. The summed E-state index contributed by atoms with van der Waals surface area (Å²) in [5, 5.41) is 5.61. The Morgan fingerprint density at radius 2 is 1.83 bits per heavy atom. The van der Waals surface area contributed by atoms with Gasteiger partial charge >= 0.3 is 0 Å². The highest BCUT2D eigenvalue weighted by molar-refractivity contribution is 5.78. The van der Waals surface area contributed by atoms with Gasteiger partial charge in [-0.15, -0.1) is 0 Å². The molecule has 0 aliphatic heterocycles. The van der Waals surface area contributed by atoms with Gasteiger partial charge in [0.15, 0.2) is 5.78 Å². The lowest BCUT2D eigenvalue weighted by Crippen LogP contribution is -2.31. The van der Waals surface area contributed by atoms with Crippen LogP contribution in [-0.2, 0) is 25.6 Å². The summed E-state index contributed by atoms with van der Waals surface area (Å²) in [7, 11) is 1.73. The minimum atomic E-state index is -0.0517. The first-order chi connectivity index (χ1) is 11.6. The number of amides is 1. The van der Waals surface area contributed by atoms with E-state index in [0.717, 1.165) is 11.3 Å². The van der Waals surface area contributed by atoms with Gasteiger partial charge in [-0.25, -0.2) is 0 Å². The van der Waals surface area contributed by atoms with Crippen LogP contribution in [0, 0.1) is 0 Å². The van der Waals surface area contributed by atoms with Crippen molar-refractivity contribution in [2.24, 2.45) is 0 Å². The maximum atomic E-state index is 11.4. The van der Waals surface area contributed by atoms with Gasteiger partial charge in [0.2, 0.25) is 5.91 Å². The van der Waals surface area contributed by atoms with Gasteiger partial charge in [-0.1, -0.05) is 12.1 Å². The number of benzene rings is 1. The zero-order valence-electron chi connectivity index (χ0n) is 14.3. The molecule has 2 N–H and O–H groups in total. The summed E-state index contributed by atoms with van der Waals surface area (Å²) >= 11 is 0. The lowest BCUT2D eigenvalue weighted by molar-refractivity contribution is -0.122. The van der Waals surface area contributed by atoms with Gasteiger partial charge < -0.3 is 24.8 Å². The van der Waals surface area contributed by atoms with E-state index in [9.17, 15) is 9.59 Å². The summed E-state index contributed by atoms with van der Waals surface area (Å²) in [5.74, 6) is 0.677. The Hall–Kier alpha value is -1.96. The van der Waals surface area contributed by atoms with Gasteiger partial charge in [0.05, 0.1) is 26.4 Å². The minimum absolute atomic E-state index is 0.000335. The monoisotopic (exact) mass is 338 g/mol. The highest BCUT2D eigenvalue weighted by atomic mass is 16.5. The largest absolute Gasteiger partial charge is 0.491 e. The summed E-state index contributed by atoms with van der Waals surface area (Å²) in [5.41, 5.74) is 0.968. The van der Waals surface area contributed by atoms with E-state index < -0.39 is 0 Å². The van der Waals surface area contributed by atoms with Crippen LogP contribution in [0.4, 0.5) is 0 Å². The molecule has 24 heavy (non-hydrogen) atoms. The van der Waals surface area contributed by atoms with Gasteiger partial charge in [-0.05, 0) is 31.7 Å². The van der Waals surface area contributed by atoms with Crippen LogP contribution < -0.4 is 15.4 Å². The van der Waals surface area contributed by atoms with E-state index in [2.05, 4.69) is 10.6 Å². The molecular weight excluding hydrogens is 312 g/mol. The number of carbonyl (C=O) groups is 2. The Bertz CT molecular complexity index is 508. The molecule has 0 aliphatic carbocycles. The molecule has 0 radical (unpaired) electrons. The fourth-order valence-electron chi connectivity index (χ4n) is 1.82. The average molecular weight is 338 g/mol. The number of rotatable bonds is 13. The van der Waals surface area contributed by atoms with E-state index in [1.54, 1.807) is 7.05 Å². The Labute approximate surface area is 142 Å². The second-order valence-corrected chi connectivity index (χ2v) is 5.17. The molecule has 0 fully saturated rings. The normalized spacial score (nSPS) is 10.4. The van der Waals surface area contributed by atoms with Crippen molar-refractivity contribution in [1.82, 2.24) is 10.6 Å². The number of nitrogens with one attached hydrogen (secondary N) is 2. The van der Waals surface area contributed by atoms with Crippen LogP contribution in [0.3, 0.4) is 0 Å². The van der Waals surface area contributed by atoms with Crippen LogP contribution >= 0.6 is 0 Å². The van der Waals surface area contributed by atoms with Gasteiger partial charge in [0, 0.05) is 6.54 Å². The fraction of sp³-hybridized carbons (Fsp3) is 0.529. The maximum absolute atomic E-state index is 11.4. The molecule has 1 aromatic rings. The number of ketones is 1. The van der Waals surface area contributed by atoms with E-state index in [-0.39, 0.29) is 18.3 Å². The molecule has 1 amide bonds. The van der Waals surface area contributed by atoms with E-state index in [1.165, 1.54) is 6.92 Å². The van der Waals surface area contributed by atoms with Crippen molar-refractivity contribution >= 4 is 11.7 Å². The van der Waals surface area contributed by atoms with Crippen molar-refractivity contribution in [2.45, 2.75) is 13.5 Å². The summed E-state index contributed by atoms with van der Waals surface area (Å²) in [6.45, 7) is 4.03. The molecule has 0 saturated heterocycles. The third-order valence-corrected chi connectivity index (χ3v) is 2.90. The molecule has 0 spiro atoms. The van der Waals surface area contributed by atoms with E-state index in [0.29, 0.717) is 39.5 Å². The van der Waals surface area contributed by atoms with Gasteiger partial charge in [-0.3, -0.25) is 9.59 Å². The number of hydrogen-bond donors (Lipinski definition) is 2. The topological polar surface area (TPSA) is 85.9 Å². The van der Waals surface area contributed by atoms with Gasteiger partial charge in [0.1, 0.15) is 19.0 Å². The molecular formula is C17H26N2O5. The van der Waals surface area contributed by atoms with Gasteiger partial charge in [-0.2, -0.15) is 0 Å². The third kappa shape index (κ3) is 9.94. The van der Waals surface area contributed by atoms with Crippen molar-refractivity contribution in [2.75, 3.05) is 46.6 Å². The predicted octanol–water partition coefficient (Wildman–Crippen LogP) is 0.523. The van der Waals surface area contributed by atoms with Crippen LogP contribution in [-0.4, -0.2) is 58.3 Å².